The van der Waals surface area contributed by atoms with Gasteiger partial charge in [0, 0.05) is 23.9 Å². The topological polar surface area (TPSA) is 30.5 Å². The Labute approximate surface area is 278 Å². The van der Waals surface area contributed by atoms with Crippen molar-refractivity contribution in [2.75, 3.05) is 19.8 Å². The van der Waals surface area contributed by atoms with Gasteiger partial charge in [0.05, 0.1) is 26.4 Å². The molecule has 1 aliphatic rings. The Kier molecular flexibility index (Phi) is 13.3. The van der Waals surface area contributed by atoms with Gasteiger partial charge in [-0.1, -0.05) is 116 Å². The normalized spacial score (nSPS) is 15.6. The number of benzene rings is 4. The number of rotatable bonds is 14. The first kappa shape index (κ1) is 34.9. The number of aryl methyl sites for hydroxylation is 4. The highest BCUT2D eigenvalue weighted by atomic mass is 35.5. The van der Waals surface area contributed by atoms with E-state index in [0.717, 1.165) is 19.4 Å². The van der Waals surface area contributed by atoms with Gasteiger partial charge in [0.2, 0.25) is 0 Å². The van der Waals surface area contributed by atoms with E-state index in [9.17, 15) is 0 Å². The Bertz CT molecular complexity index is 1410. The van der Waals surface area contributed by atoms with E-state index in [1.165, 1.54) is 63.8 Å². The maximum Gasteiger partial charge on any atom is 0.0717 e. The molecule has 0 aromatic heterocycles. The smallest absolute Gasteiger partial charge is 0.0717 e. The van der Waals surface area contributed by atoms with Crippen LogP contribution in [0.3, 0.4) is 0 Å². The van der Waals surface area contributed by atoms with Crippen LogP contribution in [0.5, 0.6) is 0 Å². The maximum absolute atomic E-state index is 6.60. The van der Waals surface area contributed by atoms with Crippen LogP contribution in [0.1, 0.15) is 88.4 Å². The van der Waals surface area contributed by atoms with Crippen LogP contribution in [0.4, 0.5) is 0 Å². The first-order chi connectivity index (χ1) is 21.5. The summed E-state index contributed by atoms with van der Waals surface area (Å²) in [5.74, 6) is 0.513. The van der Waals surface area contributed by atoms with E-state index in [0.29, 0.717) is 26.4 Å². The molecule has 240 valence electrons. The van der Waals surface area contributed by atoms with Gasteiger partial charge in [0.25, 0.3) is 0 Å². The zero-order valence-corrected chi connectivity index (χ0v) is 28.5. The SMILES string of the molecule is Cc1cccc(C)c1C(CNC1(C(COCc2ccccc2)c2c(C)cccc2C)CCCCC1)COCc1ccccc1.Cl. The number of ether oxygens (including phenoxy) is 2. The highest BCUT2D eigenvalue weighted by molar-refractivity contribution is 5.85. The first-order valence-corrected chi connectivity index (χ1v) is 16.6. The van der Waals surface area contributed by atoms with Crippen molar-refractivity contribution < 1.29 is 9.47 Å². The second kappa shape index (κ2) is 17.1. The third-order valence-corrected chi connectivity index (χ3v) is 9.78. The van der Waals surface area contributed by atoms with Crippen molar-refractivity contribution in [2.45, 2.75) is 90.4 Å². The molecule has 0 heterocycles. The van der Waals surface area contributed by atoms with Gasteiger partial charge in [-0.3, -0.25) is 0 Å². The fourth-order valence-corrected chi connectivity index (χ4v) is 7.53. The monoisotopic (exact) mass is 625 g/mol. The summed E-state index contributed by atoms with van der Waals surface area (Å²) < 4.78 is 13.1. The van der Waals surface area contributed by atoms with Crippen LogP contribution in [0.15, 0.2) is 97.1 Å². The largest absolute Gasteiger partial charge is 0.376 e. The Balaban J connectivity index is 0.00000461. The number of hydrogen-bond donors (Lipinski definition) is 1. The highest BCUT2D eigenvalue weighted by Gasteiger charge is 2.42. The molecule has 0 spiro atoms. The summed E-state index contributed by atoms with van der Waals surface area (Å²) in [5, 5.41) is 4.28. The van der Waals surface area contributed by atoms with E-state index in [1.807, 2.05) is 0 Å². The zero-order valence-electron chi connectivity index (χ0n) is 27.7. The molecule has 1 saturated carbocycles. The van der Waals surface area contributed by atoms with Gasteiger partial charge < -0.3 is 14.8 Å². The van der Waals surface area contributed by atoms with Crippen molar-refractivity contribution in [3.05, 3.63) is 142 Å². The van der Waals surface area contributed by atoms with Crippen molar-refractivity contribution in [2.24, 2.45) is 0 Å². The van der Waals surface area contributed by atoms with E-state index >= 15 is 0 Å². The van der Waals surface area contributed by atoms with Crippen LogP contribution in [-0.4, -0.2) is 25.3 Å². The van der Waals surface area contributed by atoms with Crippen molar-refractivity contribution in [3.8, 4) is 0 Å². The molecule has 0 amide bonds. The van der Waals surface area contributed by atoms with Gasteiger partial charge in [-0.2, -0.15) is 0 Å². The third-order valence-electron chi connectivity index (χ3n) is 9.78. The van der Waals surface area contributed by atoms with Gasteiger partial charge in [0.1, 0.15) is 0 Å². The summed E-state index contributed by atoms with van der Waals surface area (Å²) in [6, 6.07) is 34.5. The van der Waals surface area contributed by atoms with Gasteiger partial charge in [-0.15, -0.1) is 12.4 Å². The summed E-state index contributed by atoms with van der Waals surface area (Å²) in [6.45, 7) is 12.6. The number of nitrogens with one attached hydrogen (secondary N) is 1. The van der Waals surface area contributed by atoms with Crippen molar-refractivity contribution >= 4 is 12.4 Å². The van der Waals surface area contributed by atoms with Crippen LogP contribution >= 0.6 is 12.4 Å². The number of halogens is 1. The van der Waals surface area contributed by atoms with Crippen LogP contribution < -0.4 is 5.32 Å². The molecule has 2 unspecified atom stereocenters. The maximum atomic E-state index is 6.60. The van der Waals surface area contributed by atoms with E-state index in [-0.39, 0.29) is 29.8 Å². The second-order valence-electron chi connectivity index (χ2n) is 13.0. The lowest BCUT2D eigenvalue weighted by molar-refractivity contribution is 0.0570. The number of hydrogen-bond acceptors (Lipinski definition) is 3. The molecule has 5 rings (SSSR count). The Morgan fingerprint density at radius 1 is 0.578 bits per heavy atom. The Hall–Kier alpha value is -2.95. The quantitative estimate of drug-likeness (QED) is 0.151. The van der Waals surface area contributed by atoms with Crippen molar-refractivity contribution in [3.63, 3.8) is 0 Å². The fourth-order valence-electron chi connectivity index (χ4n) is 7.53. The molecule has 0 bridgehead atoms. The summed E-state index contributed by atoms with van der Waals surface area (Å²) in [6.07, 6.45) is 6.10. The molecule has 4 aromatic carbocycles. The molecule has 1 aliphatic carbocycles. The molecule has 1 fully saturated rings. The average Bonchev–Trinajstić information content (AvgIpc) is 3.04. The first-order valence-electron chi connectivity index (χ1n) is 16.6. The van der Waals surface area contributed by atoms with Crippen LogP contribution in [0, 0.1) is 27.7 Å². The fraction of sp³-hybridized carbons (Fsp3) is 0.415. The molecule has 0 radical (unpaired) electrons. The predicted octanol–water partition coefficient (Wildman–Crippen LogP) is 9.94. The molecule has 4 heteroatoms. The van der Waals surface area contributed by atoms with Gasteiger partial charge >= 0.3 is 0 Å². The molecule has 3 nitrogen and oxygen atoms in total. The summed E-state index contributed by atoms with van der Waals surface area (Å²) in [4.78, 5) is 0. The van der Waals surface area contributed by atoms with E-state index in [2.05, 4.69) is 130 Å². The molecule has 45 heavy (non-hydrogen) atoms. The minimum atomic E-state index is -0.0416. The van der Waals surface area contributed by atoms with Crippen molar-refractivity contribution in [1.82, 2.24) is 5.32 Å². The van der Waals surface area contributed by atoms with Crippen LogP contribution in [-0.2, 0) is 22.7 Å². The molecular formula is C41H52ClNO2. The minimum Gasteiger partial charge on any atom is -0.376 e. The third kappa shape index (κ3) is 9.08. The zero-order chi connectivity index (χ0) is 30.8. The summed E-state index contributed by atoms with van der Waals surface area (Å²) >= 11 is 0. The molecule has 0 aliphatic heterocycles. The van der Waals surface area contributed by atoms with Gasteiger partial charge in [-0.05, 0) is 85.0 Å². The van der Waals surface area contributed by atoms with Crippen molar-refractivity contribution in [1.29, 1.82) is 0 Å². The average molecular weight is 626 g/mol. The lowest BCUT2D eigenvalue weighted by atomic mass is 9.68. The standard InChI is InChI=1S/C41H51NO2.ClH/c1-31-16-14-17-32(2)39(31)37(29-43-27-35-20-8-5-9-21-35)26-42-41(24-12-7-13-25-41)38(40-33(3)18-15-19-34(40)4)30-44-28-36-22-10-6-11-23-36;/h5-6,8-11,14-23,37-38,42H,7,12-13,24-30H2,1-4H3;1H. The molecule has 0 saturated heterocycles. The van der Waals surface area contributed by atoms with Crippen LogP contribution in [0.2, 0.25) is 0 Å². The van der Waals surface area contributed by atoms with Crippen LogP contribution in [0.25, 0.3) is 0 Å². The summed E-state index contributed by atoms with van der Waals surface area (Å²) in [5.41, 5.74) is 10.7. The lowest BCUT2D eigenvalue weighted by Crippen LogP contribution is -2.54. The highest BCUT2D eigenvalue weighted by Crippen LogP contribution is 2.43. The Morgan fingerprint density at radius 2 is 1.04 bits per heavy atom. The summed E-state index contributed by atoms with van der Waals surface area (Å²) in [7, 11) is 0. The van der Waals surface area contributed by atoms with E-state index in [4.69, 9.17) is 9.47 Å². The van der Waals surface area contributed by atoms with E-state index < -0.39 is 0 Å². The van der Waals surface area contributed by atoms with Gasteiger partial charge in [-0.25, -0.2) is 0 Å². The molecule has 1 N–H and O–H groups in total. The van der Waals surface area contributed by atoms with E-state index in [1.54, 1.807) is 0 Å². The van der Waals surface area contributed by atoms with Gasteiger partial charge in [0.15, 0.2) is 0 Å². The molecular weight excluding hydrogens is 574 g/mol. The molecule has 2 atom stereocenters. The molecule has 4 aromatic rings. The predicted molar refractivity (Wildman–Crippen MR) is 191 cm³/mol. The lowest BCUT2D eigenvalue weighted by Gasteiger charge is -2.46. The second-order valence-corrected chi connectivity index (χ2v) is 13.0. The Morgan fingerprint density at radius 3 is 1.56 bits per heavy atom. The minimum absolute atomic E-state index is 0.